The molecular formula is C20H18F2N2O2S. The highest BCUT2D eigenvalue weighted by Gasteiger charge is 2.18. The van der Waals surface area contributed by atoms with Gasteiger partial charge in [0.15, 0.2) is 16.7 Å². The van der Waals surface area contributed by atoms with Crippen molar-refractivity contribution in [2.75, 3.05) is 4.90 Å². The van der Waals surface area contributed by atoms with Gasteiger partial charge in [0, 0.05) is 18.4 Å². The van der Waals surface area contributed by atoms with Crippen LogP contribution >= 0.6 is 11.3 Å². The number of carbonyl (C=O) groups excluding carboxylic acids is 1. The number of anilines is 2. The van der Waals surface area contributed by atoms with Crippen molar-refractivity contribution in [2.45, 2.75) is 26.9 Å². The number of benzene rings is 2. The van der Waals surface area contributed by atoms with Gasteiger partial charge in [-0.15, -0.1) is 11.3 Å². The van der Waals surface area contributed by atoms with Gasteiger partial charge in [0.2, 0.25) is 5.91 Å². The number of aromatic nitrogens is 1. The summed E-state index contributed by atoms with van der Waals surface area (Å²) in [6, 6.07) is 10.8. The fraction of sp³-hybridized carbons (Fsp3) is 0.200. The predicted octanol–water partition coefficient (Wildman–Crippen LogP) is 5.25. The van der Waals surface area contributed by atoms with Crippen LogP contribution in [0.4, 0.5) is 19.6 Å². The van der Waals surface area contributed by atoms with Crippen LogP contribution in [0.15, 0.2) is 47.8 Å². The molecular weight excluding hydrogens is 370 g/mol. The van der Waals surface area contributed by atoms with E-state index in [1.807, 2.05) is 24.3 Å². The van der Waals surface area contributed by atoms with Crippen LogP contribution in [0, 0.1) is 11.6 Å². The van der Waals surface area contributed by atoms with Crippen LogP contribution in [0.25, 0.3) is 0 Å². The lowest BCUT2D eigenvalue weighted by Gasteiger charge is -2.18. The number of amides is 1. The number of aryl methyl sites for hydroxylation is 1. The molecule has 0 N–H and O–H groups in total. The minimum atomic E-state index is -0.771. The first kappa shape index (κ1) is 19.0. The quantitative estimate of drug-likeness (QED) is 0.579. The van der Waals surface area contributed by atoms with Crippen molar-refractivity contribution in [3.05, 3.63) is 70.7 Å². The van der Waals surface area contributed by atoms with Gasteiger partial charge < -0.3 is 4.74 Å². The van der Waals surface area contributed by atoms with Crippen molar-refractivity contribution in [3.63, 3.8) is 0 Å². The molecule has 4 nitrogen and oxygen atoms in total. The van der Waals surface area contributed by atoms with E-state index < -0.39 is 11.6 Å². The molecule has 0 spiro atoms. The summed E-state index contributed by atoms with van der Waals surface area (Å²) in [7, 11) is 0. The van der Waals surface area contributed by atoms with E-state index in [0.717, 1.165) is 24.2 Å². The smallest absolute Gasteiger partial charge is 0.230 e. The molecule has 2 aromatic carbocycles. The fourth-order valence-electron chi connectivity index (χ4n) is 2.52. The summed E-state index contributed by atoms with van der Waals surface area (Å²) in [6.07, 6.45) is 0.916. The summed E-state index contributed by atoms with van der Waals surface area (Å²) in [6.45, 7) is 3.55. The molecule has 27 heavy (non-hydrogen) atoms. The van der Waals surface area contributed by atoms with Gasteiger partial charge in [-0.25, -0.2) is 13.8 Å². The first-order valence-electron chi connectivity index (χ1n) is 8.40. The van der Waals surface area contributed by atoms with Gasteiger partial charge in [0.25, 0.3) is 0 Å². The van der Waals surface area contributed by atoms with Crippen molar-refractivity contribution in [3.8, 4) is 5.75 Å². The second kappa shape index (κ2) is 8.26. The van der Waals surface area contributed by atoms with Crippen LogP contribution in [-0.4, -0.2) is 10.9 Å². The normalized spacial score (nSPS) is 10.7. The van der Waals surface area contributed by atoms with E-state index in [1.165, 1.54) is 34.8 Å². The van der Waals surface area contributed by atoms with E-state index in [1.54, 1.807) is 5.38 Å². The zero-order chi connectivity index (χ0) is 19.4. The monoisotopic (exact) mass is 388 g/mol. The van der Waals surface area contributed by atoms with Gasteiger partial charge >= 0.3 is 0 Å². The highest BCUT2D eigenvalue weighted by atomic mass is 32.1. The molecule has 140 valence electrons. The number of rotatable bonds is 6. The molecule has 1 heterocycles. The van der Waals surface area contributed by atoms with Gasteiger partial charge in [0.05, 0.1) is 11.4 Å². The molecule has 0 aliphatic heterocycles. The lowest BCUT2D eigenvalue weighted by atomic mass is 10.1. The molecule has 0 aliphatic rings. The Morgan fingerprint density at radius 1 is 1.19 bits per heavy atom. The average molecular weight is 388 g/mol. The Morgan fingerprint density at radius 2 is 1.93 bits per heavy atom. The van der Waals surface area contributed by atoms with Crippen LogP contribution < -0.4 is 9.64 Å². The van der Waals surface area contributed by atoms with Crippen molar-refractivity contribution in [1.82, 2.24) is 4.98 Å². The summed E-state index contributed by atoms with van der Waals surface area (Å²) in [5.41, 5.74) is 2.46. The number of hydrogen-bond donors (Lipinski definition) is 0. The third-order valence-corrected chi connectivity index (χ3v) is 4.79. The maximum absolute atomic E-state index is 13.6. The van der Waals surface area contributed by atoms with E-state index in [2.05, 4.69) is 11.9 Å². The second-order valence-electron chi connectivity index (χ2n) is 5.86. The first-order chi connectivity index (χ1) is 13.0. The molecule has 3 aromatic rings. The van der Waals surface area contributed by atoms with Crippen molar-refractivity contribution < 1.29 is 18.3 Å². The molecule has 0 saturated heterocycles. The highest BCUT2D eigenvalue weighted by Crippen LogP contribution is 2.30. The number of hydrogen-bond acceptors (Lipinski definition) is 4. The zero-order valence-corrected chi connectivity index (χ0v) is 15.7. The van der Waals surface area contributed by atoms with E-state index in [-0.39, 0.29) is 18.3 Å². The minimum absolute atomic E-state index is 0.0135. The fourth-order valence-corrected chi connectivity index (χ4v) is 3.39. The summed E-state index contributed by atoms with van der Waals surface area (Å²) in [4.78, 5) is 18.1. The van der Waals surface area contributed by atoms with Crippen LogP contribution in [-0.2, 0) is 17.8 Å². The van der Waals surface area contributed by atoms with Crippen molar-refractivity contribution in [2.24, 2.45) is 0 Å². The number of thiazole rings is 1. The van der Waals surface area contributed by atoms with E-state index in [4.69, 9.17) is 4.74 Å². The Kier molecular flexibility index (Phi) is 5.81. The SMILES string of the molecule is CCc1ccc(N(C(C)=O)c2nc(COc3ccc(F)cc3F)cs2)cc1. The Hall–Kier alpha value is -2.80. The Bertz CT molecular complexity index is 941. The van der Waals surface area contributed by atoms with E-state index in [0.29, 0.717) is 10.8 Å². The average Bonchev–Trinajstić information content (AvgIpc) is 3.10. The van der Waals surface area contributed by atoms with Crippen LogP contribution in [0.1, 0.15) is 25.1 Å². The second-order valence-corrected chi connectivity index (χ2v) is 6.70. The summed E-state index contributed by atoms with van der Waals surface area (Å²) >= 11 is 1.29. The van der Waals surface area contributed by atoms with Gasteiger partial charge in [0.1, 0.15) is 12.4 Å². The predicted molar refractivity (Wildman–Crippen MR) is 101 cm³/mol. The molecule has 0 aliphatic carbocycles. The van der Waals surface area contributed by atoms with E-state index >= 15 is 0 Å². The summed E-state index contributed by atoms with van der Waals surface area (Å²) in [5, 5.41) is 2.25. The van der Waals surface area contributed by atoms with Crippen molar-refractivity contribution in [1.29, 1.82) is 0 Å². The van der Waals surface area contributed by atoms with Gasteiger partial charge in [-0.1, -0.05) is 19.1 Å². The number of carbonyl (C=O) groups is 1. The zero-order valence-electron chi connectivity index (χ0n) is 14.9. The molecule has 3 rings (SSSR count). The maximum atomic E-state index is 13.6. The highest BCUT2D eigenvalue weighted by molar-refractivity contribution is 7.14. The molecule has 0 radical (unpaired) electrons. The third kappa shape index (κ3) is 4.49. The van der Waals surface area contributed by atoms with Gasteiger partial charge in [-0.05, 0) is 36.2 Å². The Morgan fingerprint density at radius 3 is 2.56 bits per heavy atom. The molecule has 0 saturated carbocycles. The largest absolute Gasteiger partial charge is 0.484 e. The molecule has 7 heteroatoms. The lowest BCUT2D eigenvalue weighted by molar-refractivity contribution is -0.115. The lowest BCUT2D eigenvalue weighted by Crippen LogP contribution is -2.22. The third-order valence-electron chi connectivity index (χ3n) is 3.92. The van der Waals surface area contributed by atoms with Crippen LogP contribution in [0.5, 0.6) is 5.75 Å². The molecule has 0 unspecified atom stereocenters. The molecule has 0 bridgehead atoms. The number of halogens is 2. The van der Waals surface area contributed by atoms with Gasteiger partial charge in [-0.2, -0.15) is 0 Å². The molecule has 1 amide bonds. The standard InChI is InChI=1S/C20H18F2N2O2S/c1-3-14-4-7-17(8-5-14)24(13(2)25)20-23-16(12-27-20)11-26-19-9-6-15(21)10-18(19)22/h4-10,12H,3,11H2,1-2H3. The molecule has 1 aromatic heterocycles. The van der Waals surface area contributed by atoms with E-state index in [9.17, 15) is 13.6 Å². The van der Waals surface area contributed by atoms with Crippen molar-refractivity contribution >= 4 is 28.1 Å². The number of nitrogens with zero attached hydrogens (tertiary/aromatic N) is 2. The van der Waals surface area contributed by atoms with Crippen LogP contribution in [0.3, 0.4) is 0 Å². The summed E-state index contributed by atoms with van der Waals surface area (Å²) < 4.78 is 32.0. The topological polar surface area (TPSA) is 42.4 Å². The minimum Gasteiger partial charge on any atom is -0.484 e. The Labute approximate surface area is 160 Å². The molecule has 0 atom stereocenters. The van der Waals surface area contributed by atoms with Gasteiger partial charge in [-0.3, -0.25) is 9.69 Å². The van der Waals surface area contributed by atoms with Crippen LogP contribution in [0.2, 0.25) is 0 Å². The maximum Gasteiger partial charge on any atom is 0.230 e. The Balaban J connectivity index is 1.76. The molecule has 0 fully saturated rings. The summed E-state index contributed by atoms with van der Waals surface area (Å²) in [5.74, 6) is -1.65. The number of ether oxygens (including phenoxy) is 1. The first-order valence-corrected chi connectivity index (χ1v) is 9.27.